The van der Waals surface area contributed by atoms with Crippen LogP contribution in [0.2, 0.25) is 5.02 Å². The maximum absolute atomic E-state index is 11.0. The van der Waals surface area contributed by atoms with Crippen LogP contribution in [0.5, 0.6) is 5.75 Å². The average molecular weight is 299 g/mol. The number of halogens is 1. The van der Waals surface area contributed by atoms with Crippen molar-refractivity contribution >= 4 is 22.7 Å². The van der Waals surface area contributed by atoms with E-state index in [0.29, 0.717) is 29.9 Å². The van der Waals surface area contributed by atoms with E-state index in [4.69, 9.17) is 21.1 Å². The maximum atomic E-state index is 11.0. The molecule has 7 heteroatoms. The monoisotopic (exact) mass is 298 g/mol. The molecule has 1 fully saturated rings. The van der Waals surface area contributed by atoms with Crippen molar-refractivity contribution in [1.29, 1.82) is 0 Å². The molecule has 18 heavy (non-hydrogen) atoms. The van der Waals surface area contributed by atoms with E-state index in [0.717, 1.165) is 13.0 Å². The quantitative estimate of drug-likeness (QED) is 0.528. The molecule has 0 aromatic heterocycles. The molecule has 0 saturated carbocycles. The van der Waals surface area contributed by atoms with Crippen molar-refractivity contribution in [2.24, 2.45) is 5.92 Å². The molecule has 2 atom stereocenters. The molecule has 0 N–H and O–H groups in total. The van der Waals surface area contributed by atoms with E-state index >= 15 is 0 Å². The Morgan fingerprint density at radius 1 is 1.56 bits per heavy atom. The molecule has 2 rings (SSSR count). The summed E-state index contributed by atoms with van der Waals surface area (Å²) in [6, 6.07) is 4.56. The third-order valence-corrected chi connectivity index (χ3v) is 3.50. The van der Waals surface area contributed by atoms with Crippen LogP contribution in [0.1, 0.15) is 6.42 Å². The summed E-state index contributed by atoms with van der Waals surface area (Å²) in [6.45, 7) is 1.88. The molecule has 1 aliphatic heterocycles. The van der Waals surface area contributed by atoms with Gasteiger partial charge in [-0.2, -0.15) is 0 Å². The molecule has 0 spiro atoms. The molecule has 1 aromatic rings. The molecule has 94 valence electrons. The molecule has 4 nitrogen and oxygen atoms in total. The molecule has 0 amide bonds. The van der Waals surface area contributed by atoms with Gasteiger partial charge in [-0.25, -0.2) is 0 Å². The number of hydrogen-bond donors (Lipinski definition) is 0. The topological polar surface area (TPSA) is 58.6 Å². The van der Waals surface area contributed by atoms with Gasteiger partial charge in [0.25, 0.3) is 0 Å². The zero-order chi connectivity index (χ0) is 12.3. The Bertz CT molecular complexity index is 424. The van der Waals surface area contributed by atoms with Crippen molar-refractivity contribution in [2.45, 2.75) is 11.3 Å². The van der Waals surface area contributed by atoms with Gasteiger partial charge in [0.15, 0.2) is 0 Å². The molecule has 2 unspecified atom stereocenters. The SMILES string of the molecule is O=S([O-])c1cc(Cl)ccc1OCC1CCOC1.[Na+]. The smallest absolute Gasteiger partial charge is 0.768 e. The van der Waals surface area contributed by atoms with Crippen LogP contribution in [-0.2, 0) is 15.8 Å². The van der Waals surface area contributed by atoms with Crippen molar-refractivity contribution in [3.05, 3.63) is 23.2 Å². The van der Waals surface area contributed by atoms with E-state index in [2.05, 4.69) is 0 Å². The minimum atomic E-state index is -2.34. The molecule has 1 saturated heterocycles. The van der Waals surface area contributed by atoms with Gasteiger partial charge in [-0.1, -0.05) is 11.6 Å². The van der Waals surface area contributed by atoms with Crippen LogP contribution in [-0.4, -0.2) is 28.6 Å². The molecule has 1 aromatic carbocycles. The Hall–Kier alpha value is 0.380. The van der Waals surface area contributed by atoms with Gasteiger partial charge in [0.2, 0.25) is 0 Å². The zero-order valence-corrected chi connectivity index (χ0v) is 13.6. The Kier molecular flexibility index (Phi) is 7.16. The van der Waals surface area contributed by atoms with Crippen molar-refractivity contribution in [3.8, 4) is 5.75 Å². The number of benzene rings is 1. The second-order valence-electron chi connectivity index (χ2n) is 3.87. The van der Waals surface area contributed by atoms with Crippen LogP contribution < -0.4 is 34.3 Å². The number of rotatable bonds is 4. The third-order valence-electron chi connectivity index (χ3n) is 2.58. The molecular formula is C11H12ClNaO4S. The predicted octanol–water partition coefficient (Wildman–Crippen LogP) is -1.00. The van der Waals surface area contributed by atoms with Gasteiger partial charge in [-0.15, -0.1) is 0 Å². The first-order chi connectivity index (χ1) is 8.16. The number of hydrogen-bond acceptors (Lipinski definition) is 4. The second-order valence-corrected chi connectivity index (χ2v) is 5.21. The van der Waals surface area contributed by atoms with Crippen molar-refractivity contribution in [1.82, 2.24) is 0 Å². The molecule has 1 heterocycles. The van der Waals surface area contributed by atoms with Crippen molar-refractivity contribution in [3.63, 3.8) is 0 Å². The fourth-order valence-corrected chi connectivity index (χ4v) is 2.41. The first-order valence-corrected chi connectivity index (χ1v) is 6.71. The average Bonchev–Trinajstić information content (AvgIpc) is 2.80. The molecule has 0 aliphatic carbocycles. The summed E-state index contributed by atoms with van der Waals surface area (Å²) >= 11 is 3.39. The predicted molar refractivity (Wildman–Crippen MR) is 63.1 cm³/mol. The van der Waals surface area contributed by atoms with Crippen LogP contribution in [0, 0.1) is 5.92 Å². The summed E-state index contributed by atoms with van der Waals surface area (Å²) in [7, 11) is 0. The number of ether oxygens (including phenoxy) is 2. The van der Waals surface area contributed by atoms with Gasteiger partial charge < -0.3 is 14.0 Å². The normalized spacial score (nSPS) is 20.2. The van der Waals surface area contributed by atoms with Gasteiger partial charge in [0.05, 0.1) is 18.1 Å². The van der Waals surface area contributed by atoms with E-state index in [1.165, 1.54) is 6.07 Å². The summed E-state index contributed by atoms with van der Waals surface area (Å²) in [5, 5.41) is 0.376. The molecule has 1 aliphatic rings. The van der Waals surface area contributed by atoms with E-state index in [1.54, 1.807) is 12.1 Å². The van der Waals surface area contributed by atoms with Gasteiger partial charge in [-0.05, 0) is 35.7 Å². The Labute approximate surface area is 136 Å². The van der Waals surface area contributed by atoms with Gasteiger partial charge in [0, 0.05) is 17.5 Å². The summed E-state index contributed by atoms with van der Waals surface area (Å²) in [6.07, 6.45) is 0.948. The second kappa shape index (κ2) is 7.85. The van der Waals surface area contributed by atoms with Gasteiger partial charge in [0.1, 0.15) is 5.75 Å². The van der Waals surface area contributed by atoms with Crippen LogP contribution >= 0.6 is 11.6 Å². The summed E-state index contributed by atoms with van der Waals surface area (Å²) < 4.78 is 32.7. The summed E-state index contributed by atoms with van der Waals surface area (Å²) in [4.78, 5) is 0.0939. The standard InChI is InChI=1S/C11H13ClO4S.Na/c12-9-1-2-10(11(5-9)17(13)14)16-7-8-3-4-15-6-8;/h1-2,5,8H,3-4,6-7H2,(H,13,14);/q;+1/p-1. The first-order valence-electron chi connectivity index (χ1n) is 5.26. The third kappa shape index (κ3) is 4.49. The largest absolute Gasteiger partial charge is 1.00 e. The minimum Gasteiger partial charge on any atom is -0.768 e. The van der Waals surface area contributed by atoms with Crippen molar-refractivity contribution in [2.75, 3.05) is 19.8 Å². The van der Waals surface area contributed by atoms with Gasteiger partial charge >= 0.3 is 29.6 Å². The Morgan fingerprint density at radius 3 is 2.94 bits per heavy atom. The molecular weight excluding hydrogens is 287 g/mol. The van der Waals surface area contributed by atoms with Crippen LogP contribution in [0.15, 0.2) is 23.1 Å². The Balaban J connectivity index is 0.00000162. The first kappa shape index (κ1) is 16.4. The van der Waals surface area contributed by atoms with E-state index in [9.17, 15) is 8.76 Å². The fourth-order valence-electron chi connectivity index (χ4n) is 1.65. The van der Waals surface area contributed by atoms with Crippen LogP contribution in [0.4, 0.5) is 0 Å². The van der Waals surface area contributed by atoms with E-state index in [-0.39, 0.29) is 34.5 Å². The molecule has 0 bridgehead atoms. The minimum absolute atomic E-state index is 0. The zero-order valence-electron chi connectivity index (χ0n) is 10.1. The molecule has 0 radical (unpaired) electrons. The Morgan fingerprint density at radius 2 is 2.33 bits per heavy atom. The maximum Gasteiger partial charge on any atom is 1.00 e. The fraction of sp³-hybridized carbons (Fsp3) is 0.455. The van der Waals surface area contributed by atoms with Crippen molar-refractivity contribution < 1.29 is 47.8 Å². The van der Waals surface area contributed by atoms with Gasteiger partial charge in [-0.3, -0.25) is 4.21 Å². The van der Waals surface area contributed by atoms with Crippen LogP contribution in [0.3, 0.4) is 0 Å². The van der Waals surface area contributed by atoms with Crippen LogP contribution in [0.25, 0.3) is 0 Å². The summed E-state index contributed by atoms with van der Waals surface area (Å²) in [5.74, 6) is 0.674. The summed E-state index contributed by atoms with van der Waals surface area (Å²) in [5.41, 5.74) is 0. The van der Waals surface area contributed by atoms with E-state index in [1.807, 2.05) is 0 Å². The van der Waals surface area contributed by atoms with E-state index < -0.39 is 11.1 Å².